The maximum absolute atomic E-state index is 12.7. The Morgan fingerprint density at radius 3 is 2.45 bits per heavy atom. The quantitative estimate of drug-likeness (QED) is 0.361. The molecule has 1 aromatic carbocycles. The number of nitrogens with one attached hydrogen (secondary N) is 4. The van der Waals surface area contributed by atoms with Gasteiger partial charge in [0.15, 0.2) is 0 Å². The molecule has 2 aliphatic rings. The number of hydrazine groups is 1. The molecule has 0 bridgehead atoms. The summed E-state index contributed by atoms with van der Waals surface area (Å²) in [7, 11) is 0. The summed E-state index contributed by atoms with van der Waals surface area (Å²) in [5.74, 6) is -3.12. The van der Waals surface area contributed by atoms with E-state index in [-0.39, 0.29) is 6.04 Å². The molecule has 0 aromatic heterocycles. The second-order valence-electron chi connectivity index (χ2n) is 8.06. The average molecular weight is 429 g/mol. The molecule has 6 amide bonds. The zero-order valence-electron chi connectivity index (χ0n) is 17.4. The highest BCUT2D eigenvalue weighted by molar-refractivity contribution is 6.35. The number of benzene rings is 1. The molecule has 3 rings (SSSR count). The number of imide groups is 1. The van der Waals surface area contributed by atoms with Crippen LogP contribution in [0, 0.1) is 0 Å². The lowest BCUT2D eigenvalue weighted by Gasteiger charge is -2.21. The SMILES string of the molecule is C[C@@]1(CCc2ccccc2)NC(=O)N(NC(=O)CNC(=O)C(=O)NC2CCCC2)C1=O. The highest BCUT2D eigenvalue weighted by Gasteiger charge is 2.48. The van der Waals surface area contributed by atoms with E-state index in [9.17, 15) is 24.0 Å². The molecule has 0 spiro atoms. The molecule has 166 valence electrons. The minimum Gasteiger partial charge on any atom is -0.345 e. The van der Waals surface area contributed by atoms with Gasteiger partial charge in [-0.05, 0) is 38.2 Å². The van der Waals surface area contributed by atoms with Crippen molar-refractivity contribution in [3.8, 4) is 0 Å². The summed E-state index contributed by atoms with van der Waals surface area (Å²) in [5.41, 5.74) is 2.04. The Balaban J connectivity index is 1.46. The van der Waals surface area contributed by atoms with Gasteiger partial charge in [-0.3, -0.25) is 24.6 Å². The maximum Gasteiger partial charge on any atom is 0.344 e. The molecule has 1 aliphatic heterocycles. The van der Waals surface area contributed by atoms with E-state index in [4.69, 9.17) is 0 Å². The fourth-order valence-corrected chi connectivity index (χ4v) is 3.72. The highest BCUT2D eigenvalue weighted by Crippen LogP contribution is 2.22. The molecule has 1 saturated heterocycles. The van der Waals surface area contributed by atoms with Gasteiger partial charge < -0.3 is 16.0 Å². The van der Waals surface area contributed by atoms with E-state index in [0.29, 0.717) is 17.9 Å². The van der Waals surface area contributed by atoms with Crippen molar-refractivity contribution < 1.29 is 24.0 Å². The van der Waals surface area contributed by atoms with Crippen LogP contribution in [0.4, 0.5) is 4.79 Å². The smallest absolute Gasteiger partial charge is 0.344 e. The Bertz CT molecular complexity index is 868. The fraction of sp³-hybridized carbons (Fsp3) is 0.476. The molecule has 10 nitrogen and oxygen atoms in total. The van der Waals surface area contributed by atoms with Crippen LogP contribution in [0.25, 0.3) is 0 Å². The summed E-state index contributed by atoms with van der Waals surface area (Å²) in [6, 6.07) is 8.75. The fourth-order valence-electron chi connectivity index (χ4n) is 3.72. The van der Waals surface area contributed by atoms with Crippen molar-refractivity contribution >= 4 is 29.7 Å². The molecule has 0 unspecified atom stereocenters. The molecule has 31 heavy (non-hydrogen) atoms. The van der Waals surface area contributed by atoms with Crippen LogP contribution in [0.1, 0.15) is 44.6 Å². The van der Waals surface area contributed by atoms with Crippen molar-refractivity contribution in [1.29, 1.82) is 0 Å². The van der Waals surface area contributed by atoms with Crippen molar-refractivity contribution in [2.75, 3.05) is 6.54 Å². The Kier molecular flexibility index (Phi) is 6.88. The topological polar surface area (TPSA) is 137 Å². The number of carbonyl (C=O) groups excluding carboxylic acids is 5. The van der Waals surface area contributed by atoms with E-state index in [1.54, 1.807) is 6.92 Å². The van der Waals surface area contributed by atoms with Gasteiger partial charge in [-0.25, -0.2) is 4.79 Å². The molecule has 10 heteroatoms. The Hall–Kier alpha value is -3.43. The van der Waals surface area contributed by atoms with Crippen LogP contribution in [-0.2, 0) is 25.6 Å². The lowest BCUT2D eigenvalue weighted by molar-refractivity contribution is -0.141. The summed E-state index contributed by atoms with van der Waals surface area (Å²) in [4.78, 5) is 60.8. The largest absolute Gasteiger partial charge is 0.345 e. The molecule has 1 heterocycles. The van der Waals surface area contributed by atoms with Crippen LogP contribution in [0.2, 0.25) is 0 Å². The van der Waals surface area contributed by atoms with Crippen molar-refractivity contribution in [2.24, 2.45) is 0 Å². The number of aryl methyl sites for hydroxylation is 1. The number of urea groups is 1. The molecular formula is C21H27N5O5. The molecule has 0 radical (unpaired) electrons. The summed E-state index contributed by atoms with van der Waals surface area (Å²) in [6.07, 6.45) is 4.59. The first-order chi connectivity index (χ1) is 14.8. The third kappa shape index (κ3) is 5.59. The van der Waals surface area contributed by atoms with Crippen LogP contribution in [-0.4, -0.2) is 52.8 Å². The molecule has 1 aromatic rings. The first-order valence-corrected chi connectivity index (χ1v) is 10.4. The van der Waals surface area contributed by atoms with E-state index in [2.05, 4.69) is 21.4 Å². The molecule has 4 N–H and O–H groups in total. The van der Waals surface area contributed by atoms with E-state index in [1.807, 2.05) is 30.3 Å². The zero-order valence-corrected chi connectivity index (χ0v) is 17.4. The molecule has 1 aliphatic carbocycles. The summed E-state index contributed by atoms with van der Waals surface area (Å²) in [6.45, 7) is 1.05. The van der Waals surface area contributed by atoms with Crippen molar-refractivity contribution in [3.63, 3.8) is 0 Å². The minimum absolute atomic E-state index is 0.0217. The second kappa shape index (κ2) is 9.59. The van der Waals surface area contributed by atoms with Gasteiger partial charge in [0.2, 0.25) is 0 Å². The first-order valence-electron chi connectivity index (χ1n) is 10.4. The molecule has 1 atom stereocenters. The number of nitrogens with zero attached hydrogens (tertiary/aromatic N) is 1. The lowest BCUT2D eigenvalue weighted by Crippen LogP contribution is -2.52. The standard InChI is InChI=1S/C21H27N5O5/c1-21(12-11-14-7-3-2-4-8-14)19(30)26(20(31)24-21)25-16(27)13-22-17(28)18(29)23-15-9-5-6-10-15/h2-4,7-8,15H,5-6,9-13H2,1H3,(H,22,28)(H,23,29)(H,24,31)(H,25,27)/t21-/m0/s1. The van der Waals surface area contributed by atoms with Crippen LogP contribution in [0.5, 0.6) is 0 Å². The maximum atomic E-state index is 12.7. The monoisotopic (exact) mass is 429 g/mol. The molecule has 1 saturated carbocycles. The first kappa shape index (κ1) is 22.3. The second-order valence-corrected chi connectivity index (χ2v) is 8.06. The van der Waals surface area contributed by atoms with Crippen LogP contribution in [0.3, 0.4) is 0 Å². The number of hydrogen-bond donors (Lipinski definition) is 4. The number of hydrogen-bond acceptors (Lipinski definition) is 5. The van der Waals surface area contributed by atoms with Gasteiger partial charge in [0.1, 0.15) is 5.54 Å². The van der Waals surface area contributed by atoms with E-state index >= 15 is 0 Å². The third-order valence-electron chi connectivity index (χ3n) is 5.56. The van der Waals surface area contributed by atoms with Gasteiger partial charge in [0, 0.05) is 6.04 Å². The van der Waals surface area contributed by atoms with Crippen LogP contribution in [0.15, 0.2) is 30.3 Å². The van der Waals surface area contributed by atoms with E-state index < -0.39 is 41.7 Å². The average Bonchev–Trinajstić information content (AvgIpc) is 3.34. The summed E-state index contributed by atoms with van der Waals surface area (Å²) < 4.78 is 0. The number of carbonyl (C=O) groups is 5. The van der Waals surface area contributed by atoms with Crippen LogP contribution >= 0.6 is 0 Å². The summed E-state index contributed by atoms with van der Waals surface area (Å²) >= 11 is 0. The normalized spacial score (nSPS) is 21.0. The van der Waals surface area contributed by atoms with Crippen LogP contribution < -0.4 is 21.4 Å². The molecule has 2 fully saturated rings. The lowest BCUT2D eigenvalue weighted by atomic mass is 9.93. The van der Waals surface area contributed by atoms with Gasteiger partial charge in [0.05, 0.1) is 6.54 Å². The van der Waals surface area contributed by atoms with Gasteiger partial charge in [-0.15, -0.1) is 0 Å². The summed E-state index contributed by atoms with van der Waals surface area (Å²) in [5, 5.41) is 8.02. The van der Waals surface area contributed by atoms with Crippen molar-refractivity contribution in [2.45, 2.75) is 57.0 Å². The highest BCUT2D eigenvalue weighted by atomic mass is 16.2. The van der Waals surface area contributed by atoms with Gasteiger partial charge in [-0.1, -0.05) is 43.2 Å². The van der Waals surface area contributed by atoms with Gasteiger partial charge >= 0.3 is 17.8 Å². The van der Waals surface area contributed by atoms with E-state index in [0.717, 1.165) is 31.2 Å². The Labute approximate surface area is 180 Å². The van der Waals surface area contributed by atoms with Crippen molar-refractivity contribution in [3.05, 3.63) is 35.9 Å². The van der Waals surface area contributed by atoms with E-state index in [1.165, 1.54) is 0 Å². The third-order valence-corrected chi connectivity index (χ3v) is 5.56. The Morgan fingerprint density at radius 2 is 1.77 bits per heavy atom. The minimum atomic E-state index is -1.16. The molecular weight excluding hydrogens is 402 g/mol. The predicted octanol–water partition coefficient (Wildman–Crippen LogP) is 0.136. The predicted molar refractivity (Wildman–Crippen MR) is 110 cm³/mol. The number of rotatable bonds is 7. The Morgan fingerprint density at radius 1 is 1.10 bits per heavy atom. The van der Waals surface area contributed by atoms with Gasteiger partial charge in [-0.2, -0.15) is 5.01 Å². The number of amides is 6. The van der Waals surface area contributed by atoms with Gasteiger partial charge in [0.25, 0.3) is 11.8 Å². The van der Waals surface area contributed by atoms with Crippen molar-refractivity contribution in [1.82, 2.24) is 26.4 Å². The zero-order chi connectivity index (χ0) is 22.4.